The third-order valence-corrected chi connectivity index (χ3v) is 2.81. The highest BCUT2D eigenvalue weighted by Crippen LogP contribution is 2.33. The summed E-state index contributed by atoms with van der Waals surface area (Å²) in [7, 11) is 0. The molecule has 1 fully saturated rings. The average Bonchev–Trinajstić information content (AvgIpc) is 1.86. The van der Waals surface area contributed by atoms with Crippen LogP contribution < -0.4 is 0 Å². The molecule has 0 amide bonds. The molecular formula is C10H20N+. The summed E-state index contributed by atoms with van der Waals surface area (Å²) < 4.78 is 2.18. The number of rotatable bonds is 0. The van der Waals surface area contributed by atoms with E-state index < -0.39 is 0 Å². The minimum absolute atomic E-state index is 0.501. The van der Waals surface area contributed by atoms with E-state index in [1.54, 1.807) is 0 Å². The molecule has 0 atom stereocenters. The van der Waals surface area contributed by atoms with Crippen LogP contribution in [0.15, 0.2) is 0 Å². The maximum atomic E-state index is 3.95. The molecule has 1 rings (SSSR count). The predicted molar refractivity (Wildman–Crippen MR) is 49.3 cm³/mol. The highest BCUT2D eigenvalue weighted by Gasteiger charge is 2.29. The Balaban J connectivity index is 2.45. The van der Waals surface area contributed by atoms with Crippen molar-refractivity contribution in [1.29, 1.82) is 0 Å². The van der Waals surface area contributed by atoms with Gasteiger partial charge in [0.25, 0.3) is 0 Å². The van der Waals surface area contributed by atoms with Gasteiger partial charge in [-0.05, 0) is 11.3 Å². The van der Waals surface area contributed by atoms with E-state index in [0.717, 1.165) is 5.92 Å². The topological polar surface area (TPSA) is 3.01 Å². The molecule has 1 aliphatic rings. The van der Waals surface area contributed by atoms with Gasteiger partial charge in [-0.1, -0.05) is 20.8 Å². The van der Waals surface area contributed by atoms with E-state index in [0.29, 0.717) is 5.41 Å². The lowest BCUT2D eigenvalue weighted by atomic mass is 9.75. The quantitative estimate of drug-likeness (QED) is 0.470. The molecule has 11 heavy (non-hydrogen) atoms. The largest absolute Gasteiger partial charge is 0.242 e. The van der Waals surface area contributed by atoms with Crippen LogP contribution in [0.5, 0.6) is 0 Å². The van der Waals surface area contributed by atoms with Gasteiger partial charge < -0.3 is 0 Å². The first-order valence-electron chi connectivity index (χ1n) is 4.55. The highest BCUT2D eigenvalue weighted by molar-refractivity contribution is 5.14. The van der Waals surface area contributed by atoms with Gasteiger partial charge in [0.1, 0.15) is 19.8 Å². The molecule has 0 aromatic heterocycles. The summed E-state index contributed by atoms with van der Waals surface area (Å²) >= 11 is 0. The van der Waals surface area contributed by atoms with E-state index in [1.807, 2.05) is 0 Å². The lowest BCUT2D eigenvalue weighted by Gasteiger charge is -2.32. The second kappa shape index (κ2) is 2.96. The molecule has 0 spiro atoms. The van der Waals surface area contributed by atoms with E-state index in [2.05, 4.69) is 32.1 Å². The smallest absolute Gasteiger partial charge is 0.142 e. The second-order valence-corrected chi connectivity index (χ2v) is 4.76. The minimum Gasteiger partial charge on any atom is -0.242 e. The zero-order valence-electron chi connectivity index (χ0n) is 8.06. The Labute approximate surface area is 70.1 Å². The predicted octanol–water partition coefficient (Wildman–Crippen LogP) is 2.16. The van der Waals surface area contributed by atoms with Crippen LogP contribution in [0.4, 0.5) is 0 Å². The van der Waals surface area contributed by atoms with Gasteiger partial charge in [0.15, 0.2) is 0 Å². The summed E-state index contributed by atoms with van der Waals surface area (Å²) in [6, 6.07) is 0. The Morgan fingerprint density at radius 1 is 1.18 bits per heavy atom. The molecule has 1 heteroatoms. The molecule has 1 heterocycles. The third kappa shape index (κ3) is 2.32. The maximum Gasteiger partial charge on any atom is 0.142 e. The molecule has 0 unspecified atom stereocenters. The van der Waals surface area contributed by atoms with Crippen molar-refractivity contribution in [2.45, 2.75) is 33.6 Å². The normalized spacial score (nSPS) is 22.3. The van der Waals surface area contributed by atoms with Crippen LogP contribution in [-0.4, -0.2) is 24.4 Å². The van der Waals surface area contributed by atoms with Gasteiger partial charge in [-0.3, -0.25) is 0 Å². The molecule has 0 N–H and O–H groups in total. The van der Waals surface area contributed by atoms with Crippen LogP contribution in [0.3, 0.4) is 0 Å². The lowest BCUT2D eigenvalue weighted by molar-refractivity contribution is -0.534. The van der Waals surface area contributed by atoms with Gasteiger partial charge in [0, 0.05) is 12.8 Å². The van der Waals surface area contributed by atoms with Crippen molar-refractivity contribution in [2.75, 3.05) is 13.1 Å². The summed E-state index contributed by atoms with van der Waals surface area (Å²) in [4.78, 5) is 0. The fourth-order valence-corrected chi connectivity index (χ4v) is 1.80. The Bertz CT molecular complexity index is 143. The van der Waals surface area contributed by atoms with E-state index in [-0.39, 0.29) is 0 Å². The van der Waals surface area contributed by atoms with Crippen LogP contribution in [0.2, 0.25) is 0 Å². The molecule has 1 aliphatic heterocycles. The van der Waals surface area contributed by atoms with Crippen LogP contribution in [0.25, 0.3) is 0 Å². The standard InChI is InChI=1S/C10H20N/c1-10(2,3)9-5-7-11(4)8-6-9/h9H,4-8H2,1-3H3/q+1. The van der Waals surface area contributed by atoms with Crippen LogP contribution in [-0.2, 0) is 0 Å². The zero-order chi connectivity index (χ0) is 8.48. The number of hydrogen-bond donors (Lipinski definition) is 0. The fraction of sp³-hybridized carbons (Fsp3) is 0.900. The molecule has 0 aromatic carbocycles. The van der Waals surface area contributed by atoms with E-state index in [9.17, 15) is 0 Å². The van der Waals surface area contributed by atoms with Crippen molar-refractivity contribution in [2.24, 2.45) is 11.3 Å². The summed E-state index contributed by atoms with van der Waals surface area (Å²) in [5.74, 6) is 0.903. The highest BCUT2D eigenvalue weighted by atomic mass is 15.0. The Kier molecular flexibility index (Phi) is 2.36. The molecular weight excluding hydrogens is 134 g/mol. The van der Waals surface area contributed by atoms with Crippen molar-refractivity contribution in [1.82, 2.24) is 0 Å². The molecule has 64 valence electrons. The van der Waals surface area contributed by atoms with Crippen molar-refractivity contribution >= 4 is 6.72 Å². The summed E-state index contributed by atoms with van der Waals surface area (Å²) in [6.07, 6.45) is 2.65. The van der Waals surface area contributed by atoms with Crippen LogP contribution in [0, 0.1) is 11.3 Å². The van der Waals surface area contributed by atoms with Gasteiger partial charge >= 0.3 is 0 Å². The molecule has 0 radical (unpaired) electrons. The Morgan fingerprint density at radius 3 is 2.00 bits per heavy atom. The lowest BCUT2D eigenvalue weighted by Crippen LogP contribution is -2.32. The van der Waals surface area contributed by atoms with Gasteiger partial charge in [-0.15, -0.1) is 0 Å². The summed E-state index contributed by atoms with van der Waals surface area (Å²) in [5.41, 5.74) is 0.501. The first-order chi connectivity index (χ1) is 5.00. The molecule has 0 aromatic rings. The van der Waals surface area contributed by atoms with Crippen LogP contribution >= 0.6 is 0 Å². The Morgan fingerprint density at radius 2 is 1.64 bits per heavy atom. The summed E-state index contributed by atoms with van der Waals surface area (Å²) in [5, 5.41) is 0. The van der Waals surface area contributed by atoms with Crippen molar-refractivity contribution in [3.63, 3.8) is 0 Å². The molecule has 0 saturated carbocycles. The molecule has 0 bridgehead atoms. The molecule has 1 nitrogen and oxygen atoms in total. The minimum atomic E-state index is 0.501. The monoisotopic (exact) mass is 154 g/mol. The average molecular weight is 154 g/mol. The fourth-order valence-electron chi connectivity index (χ4n) is 1.80. The van der Waals surface area contributed by atoms with Gasteiger partial charge in [-0.25, -0.2) is 4.58 Å². The van der Waals surface area contributed by atoms with Crippen molar-refractivity contribution in [3.8, 4) is 0 Å². The first kappa shape index (κ1) is 8.76. The third-order valence-electron chi connectivity index (χ3n) is 2.81. The second-order valence-electron chi connectivity index (χ2n) is 4.76. The van der Waals surface area contributed by atoms with Gasteiger partial charge in [0.2, 0.25) is 0 Å². The van der Waals surface area contributed by atoms with Gasteiger partial charge in [0.05, 0.1) is 0 Å². The van der Waals surface area contributed by atoms with E-state index in [4.69, 9.17) is 0 Å². The first-order valence-corrected chi connectivity index (χ1v) is 4.55. The molecule has 1 saturated heterocycles. The van der Waals surface area contributed by atoms with Crippen LogP contribution in [0.1, 0.15) is 33.6 Å². The number of nitrogens with zero attached hydrogens (tertiary/aromatic N) is 1. The number of hydrogen-bond acceptors (Lipinski definition) is 0. The number of piperidine rings is 1. The summed E-state index contributed by atoms with van der Waals surface area (Å²) in [6.45, 7) is 13.3. The van der Waals surface area contributed by atoms with E-state index >= 15 is 0 Å². The SMILES string of the molecule is C=[N+]1CCC(C(C)(C)C)CC1. The van der Waals surface area contributed by atoms with Gasteiger partial charge in [-0.2, -0.15) is 0 Å². The molecule has 0 aliphatic carbocycles. The maximum absolute atomic E-state index is 3.95. The Hall–Kier alpha value is -0.330. The van der Waals surface area contributed by atoms with E-state index in [1.165, 1.54) is 25.9 Å². The zero-order valence-corrected chi connectivity index (χ0v) is 8.06. The van der Waals surface area contributed by atoms with Crippen molar-refractivity contribution in [3.05, 3.63) is 0 Å². The van der Waals surface area contributed by atoms with Crippen molar-refractivity contribution < 1.29 is 4.58 Å².